The first-order chi connectivity index (χ1) is 12.4. The van der Waals surface area contributed by atoms with Gasteiger partial charge in [0.1, 0.15) is 11.4 Å². The third-order valence-corrected chi connectivity index (χ3v) is 4.31. The van der Waals surface area contributed by atoms with Crippen LogP contribution in [0.3, 0.4) is 0 Å². The van der Waals surface area contributed by atoms with E-state index in [1.54, 1.807) is 22.7 Å². The lowest BCUT2D eigenvalue weighted by atomic mass is 10.1. The summed E-state index contributed by atoms with van der Waals surface area (Å²) >= 11 is 0. The van der Waals surface area contributed by atoms with E-state index < -0.39 is 17.5 Å². The molecule has 0 amide bonds. The molecule has 6 nitrogen and oxygen atoms in total. The summed E-state index contributed by atoms with van der Waals surface area (Å²) in [5.74, 6) is 0.0118. The van der Waals surface area contributed by atoms with Crippen molar-refractivity contribution in [1.29, 1.82) is 0 Å². The number of halogens is 3. The van der Waals surface area contributed by atoms with Crippen molar-refractivity contribution in [2.75, 3.05) is 18.5 Å². The number of rotatable bonds is 3. The van der Waals surface area contributed by atoms with Crippen LogP contribution in [0, 0.1) is 0 Å². The van der Waals surface area contributed by atoms with Crippen molar-refractivity contribution >= 4 is 11.5 Å². The van der Waals surface area contributed by atoms with Crippen LogP contribution in [-0.4, -0.2) is 39.0 Å². The molecule has 136 valence electrons. The van der Waals surface area contributed by atoms with Crippen LogP contribution in [0.25, 0.3) is 16.8 Å². The monoisotopic (exact) mass is 364 g/mol. The van der Waals surface area contributed by atoms with Gasteiger partial charge < -0.3 is 15.2 Å². The largest absolute Gasteiger partial charge is 0.507 e. The number of hydrogen-bond acceptors (Lipinski definition) is 5. The summed E-state index contributed by atoms with van der Waals surface area (Å²) in [5, 5.41) is 21.6. The summed E-state index contributed by atoms with van der Waals surface area (Å²) in [6.07, 6.45) is -1.90. The van der Waals surface area contributed by atoms with Crippen LogP contribution in [0.1, 0.15) is 12.0 Å². The molecular formula is C17H15F3N4O2. The minimum Gasteiger partial charge on any atom is -0.507 e. The van der Waals surface area contributed by atoms with Gasteiger partial charge in [-0.3, -0.25) is 4.40 Å². The molecular weight excluding hydrogens is 349 g/mol. The lowest BCUT2D eigenvalue weighted by Crippen LogP contribution is -2.22. The van der Waals surface area contributed by atoms with E-state index >= 15 is 0 Å². The van der Waals surface area contributed by atoms with Crippen LogP contribution in [0.15, 0.2) is 36.5 Å². The molecule has 1 aromatic carbocycles. The van der Waals surface area contributed by atoms with Crippen LogP contribution in [0.2, 0.25) is 0 Å². The molecule has 2 N–H and O–H groups in total. The second kappa shape index (κ2) is 6.17. The number of nitrogens with one attached hydrogen (secondary N) is 1. The molecule has 0 saturated carbocycles. The second-order valence-corrected chi connectivity index (χ2v) is 6.07. The fourth-order valence-electron chi connectivity index (χ4n) is 2.98. The number of ether oxygens (including phenoxy) is 1. The van der Waals surface area contributed by atoms with Crippen molar-refractivity contribution in [3.05, 3.63) is 42.1 Å². The number of phenolic OH excluding ortho intramolecular Hbond substituents is 1. The van der Waals surface area contributed by atoms with Gasteiger partial charge in [-0.2, -0.15) is 13.2 Å². The standard InChI is InChI=1S/C17H15F3N4O2/c18-17(19,20)10-3-4-12(14(25)8-10)15-13-2-1-6-24(13)16(23-22-15)21-11-5-7-26-9-11/h1-4,6,8,11,25H,5,7,9H2,(H,21,23). The highest BCUT2D eigenvalue weighted by Crippen LogP contribution is 2.37. The Kier molecular flexibility index (Phi) is 3.95. The average molecular weight is 364 g/mol. The summed E-state index contributed by atoms with van der Waals surface area (Å²) < 4.78 is 45.4. The van der Waals surface area contributed by atoms with E-state index in [9.17, 15) is 18.3 Å². The van der Waals surface area contributed by atoms with Gasteiger partial charge in [-0.15, -0.1) is 10.2 Å². The van der Waals surface area contributed by atoms with Crippen molar-refractivity contribution < 1.29 is 23.0 Å². The maximum atomic E-state index is 12.8. The third-order valence-electron chi connectivity index (χ3n) is 4.31. The number of alkyl halides is 3. The van der Waals surface area contributed by atoms with Gasteiger partial charge in [0.25, 0.3) is 0 Å². The molecule has 4 rings (SSSR count). The van der Waals surface area contributed by atoms with Crippen LogP contribution in [0.5, 0.6) is 5.75 Å². The zero-order chi connectivity index (χ0) is 18.3. The Morgan fingerprint density at radius 2 is 2.08 bits per heavy atom. The van der Waals surface area contributed by atoms with Gasteiger partial charge in [0.15, 0.2) is 0 Å². The average Bonchev–Trinajstić information content (AvgIpc) is 3.26. The summed E-state index contributed by atoms with van der Waals surface area (Å²) in [6.45, 7) is 1.25. The van der Waals surface area contributed by atoms with Crippen molar-refractivity contribution in [1.82, 2.24) is 14.6 Å². The Morgan fingerprint density at radius 1 is 1.23 bits per heavy atom. The Morgan fingerprint density at radius 3 is 2.77 bits per heavy atom. The van der Waals surface area contributed by atoms with E-state index in [0.29, 0.717) is 36.4 Å². The van der Waals surface area contributed by atoms with E-state index in [1.165, 1.54) is 6.07 Å². The van der Waals surface area contributed by atoms with E-state index in [0.717, 1.165) is 12.5 Å². The van der Waals surface area contributed by atoms with E-state index in [2.05, 4.69) is 15.5 Å². The molecule has 1 unspecified atom stereocenters. The number of hydrogen-bond donors (Lipinski definition) is 2. The molecule has 2 aromatic heterocycles. The second-order valence-electron chi connectivity index (χ2n) is 6.07. The molecule has 1 aliphatic heterocycles. The quantitative estimate of drug-likeness (QED) is 0.746. The first-order valence-electron chi connectivity index (χ1n) is 8.02. The number of fused-ring (bicyclic) bond motifs is 1. The molecule has 1 atom stereocenters. The van der Waals surface area contributed by atoms with Gasteiger partial charge in [-0.1, -0.05) is 0 Å². The Labute approximate surface area is 146 Å². The number of benzene rings is 1. The van der Waals surface area contributed by atoms with Gasteiger partial charge in [0, 0.05) is 18.4 Å². The van der Waals surface area contributed by atoms with Crippen molar-refractivity contribution in [3.63, 3.8) is 0 Å². The summed E-state index contributed by atoms with van der Waals surface area (Å²) in [7, 11) is 0. The third kappa shape index (κ3) is 2.94. The predicted molar refractivity (Wildman–Crippen MR) is 87.9 cm³/mol. The molecule has 1 fully saturated rings. The van der Waals surface area contributed by atoms with Crippen LogP contribution in [-0.2, 0) is 10.9 Å². The molecule has 1 aliphatic rings. The number of phenols is 1. The molecule has 0 radical (unpaired) electrons. The van der Waals surface area contributed by atoms with Gasteiger partial charge in [-0.25, -0.2) is 0 Å². The maximum Gasteiger partial charge on any atom is 0.416 e. The SMILES string of the molecule is Oc1cc(C(F)(F)F)ccc1-c1nnc(NC2CCOC2)n2cccc12. The summed E-state index contributed by atoms with van der Waals surface area (Å²) in [4.78, 5) is 0. The number of anilines is 1. The highest BCUT2D eigenvalue weighted by molar-refractivity contribution is 5.81. The lowest BCUT2D eigenvalue weighted by Gasteiger charge is -2.14. The van der Waals surface area contributed by atoms with Crippen LogP contribution < -0.4 is 5.32 Å². The molecule has 26 heavy (non-hydrogen) atoms. The minimum atomic E-state index is -4.52. The van der Waals surface area contributed by atoms with Gasteiger partial charge in [-0.05, 0) is 36.8 Å². The minimum absolute atomic E-state index is 0.125. The molecule has 0 bridgehead atoms. The smallest absolute Gasteiger partial charge is 0.416 e. The van der Waals surface area contributed by atoms with Gasteiger partial charge >= 0.3 is 6.18 Å². The Balaban J connectivity index is 1.75. The van der Waals surface area contributed by atoms with Crippen molar-refractivity contribution in [2.24, 2.45) is 0 Å². The normalized spacial score (nSPS) is 17.7. The lowest BCUT2D eigenvalue weighted by molar-refractivity contribution is -0.137. The predicted octanol–water partition coefficient (Wildman–Crippen LogP) is 3.32. The van der Waals surface area contributed by atoms with Gasteiger partial charge in [0.05, 0.1) is 23.7 Å². The number of aromatic hydroxyl groups is 1. The van der Waals surface area contributed by atoms with Gasteiger partial charge in [0.2, 0.25) is 5.95 Å². The van der Waals surface area contributed by atoms with E-state index in [-0.39, 0.29) is 11.6 Å². The van der Waals surface area contributed by atoms with Crippen molar-refractivity contribution in [3.8, 4) is 17.0 Å². The fourth-order valence-corrected chi connectivity index (χ4v) is 2.98. The zero-order valence-electron chi connectivity index (χ0n) is 13.5. The number of aromatic nitrogens is 3. The number of nitrogens with zero attached hydrogens (tertiary/aromatic N) is 3. The fraction of sp³-hybridized carbons (Fsp3) is 0.294. The highest BCUT2D eigenvalue weighted by Gasteiger charge is 2.31. The first-order valence-corrected chi connectivity index (χ1v) is 8.02. The Hall–Kier alpha value is -2.81. The summed E-state index contributed by atoms with van der Waals surface area (Å²) in [6, 6.07) is 6.47. The highest BCUT2D eigenvalue weighted by atomic mass is 19.4. The maximum absolute atomic E-state index is 12.8. The molecule has 3 heterocycles. The zero-order valence-corrected chi connectivity index (χ0v) is 13.5. The van der Waals surface area contributed by atoms with Crippen LogP contribution >= 0.6 is 0 Å². The molecule has 3 aromatic rings. The topological polar surface area (TPSA) is 71.7 Å². The Bertz CT molecular complexity index is 949. The summed E-state index contributed by atoms with van der Waals surface area (Å²) in [5.41, 5.74) is 0.188. The van der Waals surface area contributed by atoms with E-state index in [1.807, 2.05) is 0 Å². The van der Waals surface area contributed by atoms with Crippen LogP contribution in [0.4, 0.5) is 19.1 Å². The molecule has 0 aliphatic carbocycles. The molecule has 9 heteroatoms. The van der Waals surface area contributed by atoms with E-state index in [4.69, 9.17) is 4.74 Å². The molecule has 0 spiro atoms. The molecule has 1 saturated heterocycles. The van der Waals surface area contributed by atoms with Crippen molar-refractivity contribution in [2.45, 2.75) is 18.6 Å². The first kappa shape index (κ1) is 16.6.